The van der Waals surface area contributed by atoms with Crippen molar-refractivity contribution in [1.82, 2.24) is 9.97 Å². The highest BCUT2D eigenvalue weighted by atomic mass is 32.2. The molecule has 1 heterocycles. The predicted molar refractivity (Wildman–Crippen MR) is 71.8 cm³/mol. The van der Waals surface area contributed by atoms with Gasteiger partial charge in [-0.1, -0.05) is 0 Å². The summed E-state index contributed by atoms with van der Waals surface area (Å²) in [5, 5.41) is 0.248. The first-order valence-corrected chi connectivity index (χ1v) is 6.27. The maximum atomic E-state index is 12.1. The van der Waals surface area contributed by atoms with Crippen molar-refractivity contribution in [2.45, 2.75) is 5.16 Å². The van der Waals surface area contributed by atoms with Crippen molar-refractivity contribution in [2.75, 3.05) is 14.2 Å². The Hall–Kier alpha value is -2.08. The number of thioether (sulfide) groups is 1. The predicted octanol–water partition coefficient (Wildman–Crippen LogP) is 2.43. The zero-order valence-corrected chi connectivity index (χ0v) is 11.3. The van der Waals surface area contributed by atoms with Crippen LogP contribution in [0.3, 0.4) is 0 Å². The van der Waals surface area contributed by atoms with E-state index in [2.05, 4.69) is 9.97 Å². The lowest BCUT2D eigenvalue weighted by Crippen LogP contribution is -1.98. The number of carbonyl (C=O) groups excluding carboxylic acids is 1. The van der Waals surface area contributed by atoms with E-state index in [4.69, 9.17) is 9.47 Å². The molecule has 0 spiro atoms. The highest BCUT2D eigenvalue weighted by molar-refractivity contribution is 8.14. The van der Waals surface area contributed by atoms with E-state index in [0.717, 1.165) is 11.8 Å². The van der Waals surface area contributed by atoms with Crippen LogP contribution in [0.15, 0.2) is 41.8 Å². The first-order chi connectivity index (χ1) is 9.22. The van der Waals surface area contributed by atoms with Gasteiger partial charge in [-0.2, -0.15) is 0 Å². The van der Waals surface area contributed by atoms with Crippen molar-refractivity contribution in [2.24, 2.45) is 0 Å². The molecule has 19 heavy (non-hydrogen) atoms. The number of aromatic nitrogens is 2. The third-order valence-electron chi connectivity index (χ3n) is 2.31. The monoisotopic (exact) mass is 276 g/mol. The maximum absolute atomic E-state index is 12.1. The largest absolute Gasteiger partial charge is 0.497 e. The Morgan fingerprint density at radius 1 is 1.05 bits per heavy atom. The molecule has 1 aromatic carbocycles. The number of methoxy groups -OCH3 is 2. The lowest BCUT2D eigenvalue weighted by Gasteiger charge is -2.07. The summed E-state index contributed by atoms with van der Waals surface area (Å²) in [6.07, 6.45) is 3.18. The molecule has 0 atom stereocenters. The lowest BCUT2D eigenvalue weighted by atomic mass is 10.2. The fourth-order valence-electron chi connectivity index (χ4n) is 1.41. The summed E-state index contributed by atoms with van der Waals surface area (Å²) < 4.78 is 10.2. The van der Waals surface area contributed by atoms with Crippen molar-refractivity contribution in [3.8, 4) is 11.5 Å². The fraction of sp³-hybridized carbons (Fsp3) is 0.154. The molecular weight excluding hydrogens is 264 g/mol. The van der Waals surface area contributed by atoms with Gasteiger partial charge in [-0.15, -0.1) is 0 Å². The number of benzene rings is 1. The molecule has 2 rings (SSSR count). The van der Waals surface area contributed by atoms with Crippen LogP contribution in [0.4, 0.5) is 0 Å². The third-order valence-corrected chi connectivity index (χ3v) is 3.13. The average molecular weight is 276 g/mol. The molecule has 0 N–H and O–H groups in total. The highest BCUT2D eigenvalue weighted by Gasteiger charge is 2.12. The number of nitrogens with zero attached hydrogens (tertiary/aromatic N) is 2. The first-order valence-electron chi connectivity index (χ1n) is 5.45. The van der Waals surface area contributed by atoms with Gasteiger partial charge in [0.1, 0.15) is 11.5 Å². The minimum Gasteiger partial charge on any atom is -0.497 e. The molecule has 0 radical (unpaired) electrons. The minimum atomic E-state index is -0.164. The zero-order chi connectivity index (χ0) is 13.7. The summed E-state index contributed by atoms with van der Waals surface area (Å²) in [7, 11) is 3.08. The Balaban J connectivity index is 2.23. The molecule has 0 saturated heterocycles. The van der Waals surface area contributed by atoms with Crippen molar-refractivity contribution < 1.29 is 14.3 Å². The maximum Gasteiger partial charge on any atom is 0.227 e. The average Bonchev–Trinajstić information content (AvgIpc) is 2.47. The highest BCUT2D eigenvalue weighted by Crippen LogP contribution is 2.26. The number of hydrogen-bond acceptors (Lipinski definition) is 6. The smallest absolute Gasteiger partial charge is 0.227 e. The second kappa shape index (κ2) is 6.19. The summed E-state index contributed by atoms with van der Waals surface area (Å²) in [4.78, 5) is 20.1. The van der Waals surface area contributed by atoms with E-state index < -0.39 is 0 Å². The van der Waals surface area contributed by atoms with Crippen LogP contribution in [0, 0.1) is 0 Å². The van der Waals surface area contributed by atoms with Gasteiger partial charge in [0, 0.05) is 24.0 Å². The molecule has 0 fully saturated rings. The van der Waals surface area contributed by atoms with Crippen LogP contribution in [0.1, 0.15) is 10.4 Å². The zero-order valence-electron chi connectivity index (χ0n) is 10.5. The molecule has 5 nitrogen and oxygen atoms in total. The van der Waals surface area contributed by atoms with Gasteiger partial charge >= 0.3 is 0 Å². The van der Waals surface area contributed by atoms with E-state index in [1.165, 1.54) is 14.2 Å². The Kier molecular flexibility index (Phi) is 4.35. The minimum absolute atomic E-state index is 0.164. The van der Waals surface area contributed by atoms with Gasteiger partial charge in [-0.3, -0.25) is 4.79 Å². The molecule has 0 unspecified atom stereocenters. The second-order valence-electron chi connectivity index (χ2n) is 3.52. The Bertz CT molecular complexity index is 553. The molecule has 1 aromatic heterocycles. The summed E-state index contributed by atoms with van der Waals surface area (Å²) >= 11 is 0.963. The van der Waals surface area contributed by atoms with Crippen molar-refractivity contribution in [3.05, 3.63) is 42.2 Å². The van der Waals surface area contributed by atoms with Crippen LogP contribution < -0.4 is 9.47 Å². The summed E-state index contributed by atoms with van der Waals surface area (Å²) in [6, 6.07) is 6.71. The van der Waals surface area contributed by atoms with Gasteiger partial charge in [0.05, 0.1) is 14.2 Å². The van der Waals surface area contributed by atoms with Crippen LogP contribution >= 0.6 is 11.8 Å². The van der Waals surface area contributed by atoms with Crippen LogP contribution in [-0.2, 0) is 0 Å². The van der Waals surface area contributed by atoms with Crippen LogP contribution in [0.5, 0.6) is 11.5 Å². The molecule has 0 amide bonds. The first kappa shape index (κ1) is 13.4. The molecule has 0 saturated carbocycles. The normalized spacial score (nSPS) is 10.0. The van der Waals surface area contributed by atoms with Gasteiger partial charge in [-0.05, 0) is 30.0 Å². The van der Waals surface area contributed by atoms with Gasteiger partial charge in [0.25, 0.3) is 0 Å². The summed E-state index contributed by atoms with van der Waals surface area (Å²) in [5.74, 6) is 1.13. The van der Waals surface area contributed by atoms with Crippen molar-refractivity contribution in [3.63, 3.8) is 0 Å². The Labute approximate surface area is 115 Å². The second-order valence-corrected chi connectivity index (χ2v) is 4.46. The van der Waals surface area contributed by atoms with E-state index in [0.29, 0.717) is 22.2 Å². The molecule has 6 heteroatoms. The van der Waals surface area contributed by atoms with Crippen LogP contribution in [0.25, 0.3) is 0 Å². The van der Waals surface area contributed by atoms with Crippen molar-refractivity contribution in [1.29, 1.82) is 0 Å². The van der Waals surface area contributed by atoms with E-state index >= 15 is 0 Å². The number of carbonyl (C=O) groups is 1. The van der Waals surface area contributed by atoms with Crippen LogP contribution in [0.2, 0.25) is 0 Å². The van der Waals surface area contributed by atoms with Crippen LogP contribution in [-0.4, -0.2) is 29.3 Å². The number of rotatable bonds is 4. The van der Waals surface area contributed by atoms with Gasteiger partial charge in [-0.25, -0.2) is 9.97 Å². The van der Waals surface area contributed by atoms with Gasteiger partial charge < -0.3 is 9.47 Å². The molecule has 2 aromatic rings. The molecule has 0 aliphatic heterocycles. The van der Waals surface area contributed by atoms with E-state index in [1.54, 1.807) is 36.7 Å². The number of hydrogen-bond donors (Lipinski definition) is 0. The molecule has 0 aliphatic rings. The molecule has 0 aliphatic carbocycles. The fourth-order valence-corrected chi connectivity index (χ4v) is 2.03. The molecule has 0 bridgehead atoms. The molecule has 98 valence electrons. The third kappa shape index (κ3) is 3.45. The van der Waals surface area contributed by atoms with E-state index in [-0.39, 0.29) is 5.12 Å². The topological polar surface area (TPSA) is 61.3 Å². The summed E-state index contributed by atoms with van der Waals surface area (Å²) in [5.41, 5.74) is 0.480. The quantitative estimate of drug-likeness (QED) is 0.631. The SMILES string of the molecule is COc1cc(OC)cc(C(=O)Sc2ncccn2)c1. The van der Waals surface area contributed by atoms with E-state index in [9.17, 15) is 4.79 Å². The van der Waals surface area contributed by atoms with Crippen molar-refractivity contribution >= 4 is 16.9 Å². The Morgan fingerprint density at radius 2 is 1.63 bits per heavy atom. The van der Waals surface area contributed by atoms with Gasteiger partial charge in [0.2, 0.25) is 5.12 Å². The molecular formula is C13H12N2O3S. The lowest BCUT2D eigenvalue weighted by molar-refractivity contribution is 0.108. The number of ether oxygens (including phenoxy) is 2. The summed E-state index contributed by atoms with van der Waals surface area (Å²) in [6.45, 7) is 0. The van der Waals surface area contributed by atoms with Gasteiger partial charge in [0.15, 0.2) is 5.16 Å². The van der Waals surface area contributed by atoms with E-state index in [1.807, 2.05) is 0 Å². The standard InChI is InChI=1S/C13H12N2O3S/c1-17-10-6-9(7-11(8-10)18-2)12(16)19-13-14-4-3-5-15-13/h3-8H,1-2H3. The Morgan fingerprint density at radius 3 is 2.16 bits per heavy atom.